The molecule has 1 heterocycles. The molecule has 0 saturated carbocycles. The van der Waals surface area contributed by atoms with Crippen LogP contribution in [0.25, 0.3) is 33.0 Å². The molecule has 0 radical (unpaired) electrons. The third-order valence-electron chi connectivity index (χ3n) is 5.77. The summed E-state index contributed by atoms with van der Waals surface area (Å²) in [5.41, 5.74) is 4.92. The highest BCUT2D eigenvalue weighted by Gasteiger charge is 2.30. The van der Waals surface area contributed by atoms with Crippen molar-refractivity contribution in [3.05, 3.63) is 83.4 Å². The number of carbonyl (C=O) groups is 1. The van der Waals surface area contributed by atoms with Crippen LogP contribution in [0.4, 0.5) is 0 Å². The number of benzene rings is 3. The van der Waals surface area contributed by atoms with Gasteiger partial charge in [0.25, 0.3) is 0 Å². The Morgan fingerprint density at radius 1 is 1.00 bits per heavy atom. The SMILES string of the molecule is CCCCOC(C(=O)O)c1c(C)c(-c2cncnc2)c2ccccc2c1-c1ccc(Cl)cc1. The molecular weight excluding hydrogens is 436 g/mol. The maximum atomic E-state index is 12.5. The Kier molecular flexibility index (Phi) is 7.02. The van der Waals surface area contributed by atoms with Crippen molar-refractivity contribution in [2.45, 2.75) is 32.8 Å². The van der Waals surface area contributed by atoms with Gasteiger partial charge in [-0.1, -0.05) is 61.3 Å². The number of aromatic nitrogens is 2. The largest absolute Gasteiger partial charge is 0.479 e. The molecule has 0 spiro atoms. The highest BCUT2D eigenvalue weighted by Crippen LogP contribution is 2.44. The Morgan fingerprint density at radius 2 is 1.64 bits per heavy atom. The van der Waals surface area contributed by atoms with Crippen LogP contribution in [0.5, 0.6) is 0 Å². The third-order valence-corrected chi connectivity index (χ3v) is 6.02. The minimum atomic E-state index is -1.12. The maximum absolute atomic E-state index is 12.5. The molecule has 4 aromatic rings. The van der Waals surface area contributed by atoms with Crippen LogP contribution in [0.1, 0.15) is 37.0 Å². The van der Waals surface area contributed by atoms with Crippen molar-refractivity contribution in [1.29, 1.82) is 0 Å². The number of rotatable bonds is 8. The van der Waals surface area contributed by atoms with E-state index < -0.39 is 12.1 Å². The highest BCUT2D eigenvalue weighted by molar-refractivity contribution is 6.30. The summed E-state index contributed by atoms with van der Waals surface area (Å²) in [6.45, 7) is 4.36. The molecule has 5 nitrogen and oxygen atoms in total. The van der Waals surface area contributed by atoms with Crippen LogP contribution in [0, 0.1) is 6.92 Å². The van der Waals surface area contributed by atoms with Gasteiger partial charge < -0.3 is 9.84 Å². The minimum absolute atomic E-state index is 0.365. The number of hydrogen-bond acceptors (Lipinski definition) is 4. The zero-order valence-corrected chi connectivity index (χ0v) is 19.3. The summed E-state index contributed by atoms with van der Waals surface area (Å²) in [5.74, 6) is -1.02. The van der Waals surface area contributed by atoms with E-state index >= 15 is 0 Å². The Bertz CT molecular complexity index is 1270. The zero-order chi connectivity index (χ0) is 23.4. The van der Waals surface area contributed by atoms with Gasteiger partial charge in [-0.25, -0.2) is 14.8 Å². The lowest BCUT2D eigenvalue weighted by molar-refractivity contribution is -0.151. The molecule has 0 aliphatic rings. The van der Waals surface area contributed by atoms with Gasteiger partial charge in [0, 0.05) is 35.2 Å². The lowest BCUT2D eigenvalue weighted by atomic mass is 9.82. The Balaban J connectivity index is 2.10. The number of ether oxygens (including phenoxy) is 1. The first-order valence-electron chi connectivity index (χ1n) is 10.9. The van der Waals surface area contributed by atoms with Gasteiger partial charge in [0.15, 0.2) is 6.10 Å². The van der Waals surface area contributed by atoms with Crippen LogP contribution in [-0.4, -0.2) is 27.7 Å². The van der Waals surface area contributed by atoms with Crippen LogP contribution in [0.15, 0.2) is 67.3 Å². The molecule has 1 atom stereocenters. The van der Waals surface area contributed by atoms with E-state index in [-0.39, 0.29) is 0 Å². The molecule has 0 bridgehead atoms. The molecule has 0 amide bonds. The van der Waals surface area contributed by atoms with E-state index in [1.165, 1.54) is 6.33 Å². The fourth-order valence-electron chi connectivity index (χ4n) is 4.27. The van der Waals surface area contributed by atoms with Gasteiger partial charge in [-0.3, -0.25) is 0 Å². The molecule has 0 aliphatic heterocycles. The number of carboxylic acids is 1. The van der Waals surface area contributed by atoms with Crippen LogP contribution >= 0.6 is 11.6 Å². The second-order valence-corrected chi connectivity index (χ2v) is 8.35. The molecule has 1 unspecified atom stereocenters. The van der Waals surface area contributed by atoms with E-state index in [1.807, 2.05) is 62.4 Å². The van der Waals surface area contributed by atoms with Crippen molar-refractivity contribution >= 4 is 28.3 Å². The zero-order valence-electron chi connectivity index (χ0n) is 18.6. The van der Waals surface area contributed by atoms with Crippen LogP contribution in [0.2, 0.25) is 5.02 Å². The number of hydrogen-bond donors (Lipinski definition) is 1. The molecule has 3 aromatic carbocycles. The minimum Gasteiger partial charge on any atom is -0.479 e. The summed E-state index contributed by atoms with van der Waals surface area (Å²) < 4.78 is 5.98. The van der Waals surface area contributed by atoms with Gasteiger partial charge in [-0.05, 0) is 58.5 Å². The summed E-state index contributed by atoms with van der Waals surface area (Å²) in [4.78, 5) is 20.9. The molecule has 6 heteroatoms. The Labute approximate surface area is 198 Å². The van der Waals surface area contributed by atoms with E-state index in [9.17, 15) is 9.90 Å². The van der Waals surface area contributed by atoms with Crippen molar-refractivity contribution in [3.8, 4) is 22.3 Å². The summed E-state index contributed by atoms with van der Waals surface area (Å²) in [6.07, 6.45) is 5.57. The first kappa shape index (κ1) is 22.9. The van der Waals surface area contributed by atoms with Crippen LogP contribution < -0.4 is 0 Å². The molecule has 0 saturated heterocycles. The summed E-state index contributed by atoms with van der Waals surface area (Å²) in [5, 5.41) is 12.8. The van der Waals surface area contributed by atoms with Gasteiger partial charge in [0.1, 0.15) is 6.33 Å². The number of nitrogens with zero attached hydrogens (tertiary/aromatic N) is 2. The molecule has 1 aromatic heterocycles. The molecule has 0 aliphatic carbocycles. The van der Waals surface area contributed by atoms with Gasteiger partial charge >= 0.3 is 5.97 Å². The van der Waals surface area contributed by atoms with Crippen molar-refractivity contribution < 1.29 is 14.6 Å². The van der Waals surface area contributed by atoms with Gasteiger partial charge in [0.05, 0.1) is 0 Å². The first-order valence-corrected chi connectivity index (χ1v) is 11.3. The van der Waals surface area contributed by atoms with E-state index in [1.54, 1.807) is 12.4 Å². The smallest absolute Gasteiger partial charge is 0.337 e. The standard InChI is InChI=1S/C27H25ClN2O3/c1-3-4-13-33-26(27(31)32)24-17(2)23(19-14-29-16-30-15-19)21-7-5-6-8-22(21)25(24)18-9-11-20(28)12-10-18/h5-12,14-16,26H,3-4,13H2,1-2H3,(H,31,32). The average Bonchev–Trinajstić information content (AvgIpc) is 2.83. The van der Waals surface area contributed by atoms with E-state index in [2.05, 4.69) is 9.97 Å². The topological polar surface area (TPSA) is 72.3 Å². The number of fused-ring (bicyclic) bond motifs is 1. The van der Waals surface area contributed by atoms with Crippen molar-refractivity contribution in [2.75, 3.05) is 6.61 Å². The number of unbranched alkanes of at least 4 members (excludes halogenated alkanes) is 1. The molecular formula is C27H25ClN2O3. The molecule has 168 valence electrons. The number of aliphatic carboxylic acids is 1. The third kappa shape index (κ3) is 4.61. The second-order valence-electron chi connectivity index (χ2n) is 7.91. The maximum Gasteiger partial charge on any atom is 0.337 e. The Hall–Kier alpha value is -3.28. The van der Waals surface area contributed by atoms with Crippen LogP contribution in [-0.2, 0) is 9.53 Å². The molecule has 4 rings (SSSR count). The fourth-order valence-corrected chi connectivity index (χ4v) is 4.39. The normalized spacial score (nSPS) is 12.1. The van der Waals surface area contributed by atoms with E-state index in [0.29, 0.717) is 17.2 Å². The molecule has 33 heavy (non-hydrogen) atoms. The number of halogens is 1. The summed E-state index contributed by atoms with van der Waals surface area (Å²) >= 11 is 6.16. The predicted molar refractivity (Wildman–Crippen MR) is 131 cm³/mol. The van der Waals surface area contributed by atoms with Crippen molar-refractivity contribution in [1.82, 2.24) is 9.97 Å². The van der Waals surface area contributed by atoms with Gasteiger partial charge in [-0.2, -0.15) is 0 Å². The van der Waals surface area contributed by atoms with E-state index in [4.69, 9.17) is 16.3 Å². The van der Waals surface area contributed by atoms with Crippen molar-refractivity contribution in [2.24, 2.45) is 0 Å². The fraction of sp³-hybridized carbons (Fsp3) is 0.222. The Morgan fingerprint density at radius 3 is 2.24 bits per heavy atom. The predicted octanol–water partition coefficient (Wildman–Crippen LogP) is 6.87. The average molecular weight is 461 g/mol. The highest BCUT2D eigenvalue weighted by atomic mass is 35.5. The lowest BCUT2D eigenvalue weighted by Crippen LogP contribution is -2.19. The summed E-state index contributed by atoms with van der Waals surface area (Å²) in [7, 11) is 0. The van der Waals surface area contributed by atoms with Crippen molar-refractivity contribution in [3.63, 3.8) is 0 Å². The second kappa shape index (κ2) is 10.1. The van der Waals surface area contributed by atoms with Crippen LogP contribution in [0.3, 0.4) is 0 Å². The number of carboxylic acid groups (broad SMARTS) is 1. The van der Waals surface area contributed by atoms with E-state index in [0.717, 1.165) is 51.4 Å². The molecule has 0 fully saturated rings. The quantitative estimate of drug-likeness (QED) is 0.290. The first-order chi connectivity index (χ1) is 16.0. The lowest BCUT2D eigenvalue weighted by Gasteiger charge is -2.25. The van der Waals surface area contributed by atoms with Gasteiger partial charge in [-0.15, -0.1) is 0 Å². The monoisotopic (exact) mass is 460 g/mol. The van der Waals surface area contributed by atoms with Gasteiger partial charge in [0.2, 0.25) is 0 Å². The molecule has 1 N–H and O–H groups in total. The summed E-state index contributed by atoms with van der Waals surface area (Å²) in [6, 6.07) is 15.5.